The first-order chi connectivity index (χ1) is 14.1. The van der Waals surface area contributed by atoms with Gasteiger partial charge in [-0.1, -0.05) is 31.2 Å². The standard InChI is InChI=1S/C22H26FN5O/c1-16-11-13-27(14-12-16)21(18-5-7-19(23)8-6-18)22-24-25-26-28(22)15-17-3-9-20(29-2)10-4-17/h3-10,16,21H,11-15H2,1-2H3/t21-/m0/s1. The molecule has 0 unspecified atom stereocenters. The molecule has 1 aromatic heterocycles. The van der Waals surface area contributed by atoms with Crippen molar-refractivity contribution in [1.82, 2.24) is 25.1 Å². The Morgan fingerprint density at radius 3 is 2.41 bits per heavy atom. The van der Waals surface area contributed by atoms with E-state index in [1.807, 2.05) is 41.1 Å². The van der Waals surface area contributed by atoms with E-state index in [4.69, 9.17) is 4.74 Å². The highest BCUT2D eigenvalue weighted by molar-refractivity contribution is 5.28. The van der Waals surface area contributed by atoms with Crippen LogP contribution in [0.2, 0.25) is 0 Å². The predicted molar refractivity (Wildman–Crippen MR) is 108 cm³/mol. The molecule has 2 heterocycles. The summed E-state index contributed by atoms with van der Waals surface area (Å²) in [6.45, 7) is 4.80. The number of nitrogens with zero attached hydrogens (tertiary/aromatic N) is 5. The summed E-state index contributed by atoms with van der Waals surface area (Å²) < 4.78 is 20.6. The van der Waals surface area contributed by atoms with E-state index in [0.29, 0.717) is 6.54 Å². The van der Waals surface area contributed by atoms with Gasteiger partial charge in [0.1, 0.15) is 11.6 Å². The lowest BCUT2D eigenvalue weighted by molar-refractivity contribution is 0.150. The van der Waals surface area contributed by atoms with Gasteiger partial charge in [-0.3, -0.25) is 4.90 Å². The third-order valence-corrected chi connectivity index (χ3v) is 5.66. The first-order valence-electron chi connectivity index (χ1n) is 10.0. The normalized spacial score (nSPS) is 16.7. The molecule has 0 spiro atoms. The number of tetrazole rings is 1. The minimum atomic E-state index is -0.238. The van der Waals surface area contributed by atoms with Gasteiger partial charge < -0.3 is 4.74 Å². The van der Waals surface area contributed by atoms with Gasteiger partial charge in [0.2, 0.25) is 0 Å². The van der Waals surface area contributed by atoms with E-state index in [9.17, 15) is 4.39 Å². The lowest BCUT2D eigenvalue weighted by atomic mass is 9.95. The van der Waals surface area contributed by atoms with Crippen LogP contribution in [-0.4, -0.2) is 45.3 Å². The second-order valence-electron chi connectivity index (χ2n) is 7.72. The summed E-state index contributed by atoms with van der Waals surface area (Å²) in [5.74, 6) is 2.08. The first-order valence-corrected chi connectivity index (χ1v) is 10.0. The van der Waals surface area contributed by atoms with Crippen LogP contribution in [0.5, 0.6) is 5.75 Å². The maximum atomic E-state index is 13.5. The number of benzene rings is 2. The number of rotatable bonds is 6. The van der Waals surface area contributed by atoms with Gasteiger partial charge in [-0.05, 0) is 77.7 Å². The number of hydrogen-bond donors (Lipinski definition) is 0. The van der Waals surface area contributed by atoms with Crippen molar-refractivity contribution >= 4 is 0 Å². The van der Waals surface area contributed by atoms with E-state index in [-0.39, 0.29) is 11.9 Å². The minimum Gasteiger partial charge on any atom is -0.497 e. The summed E-state index contributed by atoms with van der Waals surface area (Å²) in [6.07, 6.45) is 2.27. The number of piperidine rings is 1. The van der Waals surface area contributed by atoms with Crippen LogP contribution >= 0.6 is 0 Å². The molecular weight excluding hydrogens is 369 g/mol. The van der Waals surface area contributed by atoms with Crippen molar-refractivity contribution in [3.05, 3.63) is 71.3 Å². The van der Waals surface area contributed by atoms with Gasteiger partial charge in [-0.25, -0.2) is 9.07 Å². The largest absolute Gasteiger partial charge is 0.497 e. The number of aromatic nitrogens is 4. The molecule has 7 heteroatoms. The fourth-order valence-corrected chi connectivity index (χ4v) is 3.88. The average molecular weight is 395 g/mol. The van der Waals surface area contributed by atoms with Gasteiger partial charge in [0, 0.05) is 0 Å². The summed E-state index contributed by atoms with van der Waals surface area (Å²) in [5, 5.41) is 12.6. The Kier molecular flexibility index (Phi) is 5.85. The molecule has 0 radical (unpaired) electrons. The molecule has 29 heavy (non-hydrogen) atoms. The number of methoxy groups -OCH3 is 1. The summed E-state index contributed by atoms with van der Waals surface area (Å²) in [4.78, 5) is 2.41. The number of halogens is 1. The van der Waals surface area contributed by atoms with Crippen LogP contribution in [0, 0.1) is 11.7 Å². The quantitative estimate of drug-likeness (QED) is 0.637. The van der Waals surface area contributed by atoms with Crippen LogP contribution in [0.25, 0.3) is 0 Å². The van der Waals surface area contributed by atoms with Crippen LogP contribution in [0.1, 0.15) is 42.8 Å². The molecule has 152 valence electrons. The molecule has 0 bridgehead atoms. The Balaban J connectivity index is 1.65. The van der Waals surface area contributed by atoms with Crippen molar-refractivity contribution in [2.45, 2.75) is 32.4 Å². The summed E-state index contributed by atoms with van der Waals surface area (Å²) in [6, 6.07) is 14.5. The summed E-state index contributed by atoms with van der Waals surface area (Å²) >= 11 is 0. The van der Waals surface area contributed by atoms with Crippen molar-refractivity contribution in [2.24, 2.45) is 5.92 Å². The highest BCUT2D eigenvalue weighted by Crippen LogP contribution is 2.31. The van der Waals surface area contributed by atoms with Crippen molar-refractivity contribution in [3.63, 3.8) is 0 Å². The van der Waals surface area contributed by atoms with Gasteiger partial charge in [0.15, 0.2) is 5.82 Å². The molecule has 1 fully saturated rings. The summed E-state index contributed by atoms with van der Waals surface area (Å²) in [5.41, 5.74) is 2.09. The van der Waals surface area contributed by atoms with Crippen molar-refractivity contribution in [1.29, 1.82) is 0 Å². The zero-order valence-corrected chi connectivity index (χ0v) is 16.8. The SMILES string of the molecule is COc1ccc(Cn2nnnc2[C@H](c2ccc(F)cc2)N2CCC(C)CC2)cc1. The van der Waals surface area contributed by atoms with Crippen LogP contribution in [-0.2, 0) is 6.54 Å². The molecule has 1 atom stereocenters. The molecule has 0 aliphatic carbocycles. The fraction of sp³-hybridized carbons (Fsp3) is 0.409. The Labute approximate surface area is 170 Å². The second-order valence-corrected chi connectivity index (χ2v) is 7.72. The third-order valence-electron chi connectivity index (χ3n) is 5.66. The zero-order valence-electron chi connectivity index (χ0n) is 16.8. The lowest BCUT2D eigenvalue weighted by Crippen LogP contribution is -2.38. The highest BCUT2D eigenvalue weighted by Gasteiger charge is 2.30. The van der Waals surface area contributed by atoms with Gasteiger partial charge in [-0.2, -0.15) is 0 Å². The van der Waals surface area contributed by atoms with Crippen molar-refractivity contribution < 1.29 is 9.13 Å². The van der Waals surface area contributed by atoms with Crippen molar-refractivity contribution in [3.8, 4) is 5.75 Å². The smallest absolute Gasteiger partial charge is 0.173 e. The molecule has 4 rings (SSSR count). The van der Waals surface area contributed by atoms with Crippen LogP contribution < -0.4 is 4.74 Å². The predicted octanol–water partition coefficient (Wildman–Crippen LogP) is 3.69. The van der Waals surface area contributed by atoms with Crippen LogP contribution in [0.15, 0.2) is 48.5 Å². The molecule has 0 N–H and O–H groups in total. The fourth-order valence-electron chi connectivity index (χ4n) is 3.88. The minimum absolute atomic E-state index is 0.101. The van der Waals surface area contributed by atoms with Crippen molar-refractivity contribution in [2.75, 3.05) is 20.2 Å². The maximum Gasteiger partial charge on any atom is 0.173 e. The molecule has 1 aliphatic rings. The van der Waals surface area contributed by atoms with Gasteiger partial charge in [0.05, 0.1) is 19.7 Å². The van der Waals surface area contributed by atoms with Gasteiger partial charge >= 0.3 is 0 Å². The highest BCUT2D eigenvalue weighted by atomic mass is 19.1. The number of ether oxygens (including phenoxy) is 1. The Morgan fingerprint density at radius 1 is 1.07 bits per heavy atom. The molecule has 2 aromatic carbocycles. The van der Waals surface area contributed by atoms with E-state index >= 15 is 0 Å². The molecule has 0 saturated carbocycles. The Bertz CT molecular complexity index is 917. The zero-order chi connectivity index (χ0) is 20.2. The molecule has 3 aromatic rings. The van der Waals surface area contributed by atoms with E-state index in [0.717, 1.165) is 54.5 Å². The Morgan fingerprint density at radius 2 is 1.76 bits per heavy atom. The van der Waals surface area contributed by atoms with E-state index in [1.165, 1.54) is 12.1 Å². The monoisotopic (exact) mass is 395 g/mol. The van der Waals surface area contributed by atoms with E-state index in [2.05, 4.69) is 27.3 Å². The van der Waals surface area contributed by atoms with Gasteiger partial charge in [0.25, 0.3) is 0 Å². The third kappa shape index (κ3) is 4.45. The average Bonchev–Trinajstić information content (AvgIpc) is 3.19. The molecule has 1 saturated heterocycles. The molecule has 6 nitrogen and oxygen atoms in total. The van der Waals surface area contributed by atoms with Gasteiger partial charge in [-0.15, -0.1) is 5.10 Å². The molecule has 1 aliphatic heterocycles. The Hall–Kier alpha value is -2.80. The van der Waals surface area contributed by atoms with Crippen LogP contribution in [0.3, 0.4) is 0 Å². The maximum absolute atomic E-state index is 13.5. The molecular formula is C22H26FN5O. The molecule has 0 amide bonds. The first kappa shape index (κ1) is 19.5. The second kappa shape index (κ2) is 8.69. The van der Waals surface area contributed by atoms with E-state index < -0.39 is 0 Å². The topological polar surface area (TPSA) is 56.1 Å². The number of hydrogen-bond acceptors (Lipinski definition) is 5. The summed E-state index contributed by atoms with van der Waals surface area (Å²) in [7, 11) is 1.65. The number of likely N-dealkylation sites (tertiary alicyclic amines) is 1. The van der Waals surface area contributed by atoms with E-state index in [1.54, 1.807) is 7.11 Å². The van der Waals surface area contributed by atoms with Crippen LogP contribution in [0.4, 0.5) is 4.39 Å². The lowest BCUT2D eigenvalue weighted by Gasteiger charge is -2.36.